The molecule has 0 amide bonds. The maximum Gasteiger partial charge on any atom is -0.00126 e. The topological polar surface area (TPSA) is 0 Å². The van der Waals surface area contributed by atoms with Crippen LogP contribution in [0.2, 0.25) is 0 Å². The first-order valence-electron chi connectivity index (χ1n) is 3.77. The van der Waals surface area contributed by atoms with Crippen molar-refractivity contribution >= 4 is 0 Å². The summed E-state index contributed by atoms with van der Waals surface area (Å²) in [6.45, 7) is 4.28. The molecule has 1 rings (SSSR count). The standard InChI is InChI=1S/C10H14/c1-9(2)7-8-10-5-3-4-6-10/h3-7,10H,8H2,1-2H3. The van der Waals surface area contributed by atoms with Crippen LogP contribution >= 0.6 is 0 Å². The lowest BCUT2D eigenvalue weighted by Gasteiger charge is -1.98. The summed E-state index contributed by atoms with van der Waals surface area (Å²) in [5, 5.41) is 0. The number of allylic oxidation sites excluding steroid dienone is 6. The highest BCUT2D eigenvalue weighted by Gasteiger charge is 1.99. The smallest absolute Gasteiger partial charge is 0.00126 e. The third-order valence-corrected chi connectivity index (χ3v) is 1.63. The zero-order valence-corrected chi connectivity index (χ0v) is 6.67. The number of hydrogen-bond acceptors (Lipinski definition) is 0. The summed E-state index contributed by atoms with van der Waals surface area (Å²) >= 11 is 0. The number of rotatable bonds is 2. The minimum atomic E-state index is 0.662. The molecule has 1 aliphatic rings. The Hall–Kier alpha value is -0.780. The molecule has 0 saturated heterocycles. The summed E-state index contributed by atoms with van der Waals surface area (Å²) in [6, 6.07) is 0. The highest BCUT2D eigenvalue weighted by Crippen LogP contribution is 2.14. The monoisotopic (exact) mass is 134 g/mol. The van der Waals surface area contributed by atoms with Crippen LogP contribution in [0, 0.1) is 5.92 Å². The first kappa shape index (κ1) is 7.33. The summed E-state index contributed by atoms with van der Waals surface area (Å²) in [7, 11) is 0. The van der Waals surface area contributed by atoms with Gasteiger partial charge in [0.15, 0.2) is 0 Å². The van der Waals surface area contributed by atoms with Crippen molar-refractivity contribution in [3.8, 4) is 0 Å². The Morgan fingerprint density at radius 2 is 1.90 bits per heavy atom. The summed E-state index contributed by atoms with van der Waals surface area (Å²) in [4.78, 5) is 0. The van der Waals surface area contributed by atoms with Crippen LogP contribution in [0.1, 0.15) is 20.3 Å². The van der Waals surface area contributed by atoms with Gasteiger partial charge in [0.2, 0.25) is 0 Å². The van der Waals surface area contributed by atoms with Crippen LogP contribution < -0.4 is 0 Å². The van der Waals surface area contributed by atoms with E-state index in [0.717, 1.165) is 6.42 Å². The molecule has 0 N–H and O–H groups in total. The molecule has 0 fully saturated rings. The summed E-state index contributed by atoms with van der Waals surface area (Å²) < 4.78 is 0. The van der Waals surface area contributed by atoms with Crippen molar-refractivity contribution in [2.24, 2.45) is 5.92 Å². The van der Waals surface area contributed by atoms with E-state index in [9.17, 15) is 0 Å². The molecule has 0 atom stereocenters. The first-order valence-corrected chi connectivity index (χ1v) is 3.77. The fraction of sp³-hybridized carbons (Fsp3) is 0.400. The Kier molecular flexibility index (Phi) is 2.49. The van der Waals surface area contributed by atoms with E-state index >= 15 is 0 Å². The maximum atomic E-state index is 2.28. The molecule has 0 spiro atoms. The van der Waals surface area contributed by atoms with Gasteiger partial charge >= 0.3 is 0 Å². The van der Waals surface area contributed by atoms with Gasteiger partial charge in [0.05, 0.1) is 0 Å². The quantitative estimate of drug-likeness (QED) is 0.509. The third kappa shape index (κ3) is 2.22. The van der Waals surface area contributed by atoms with E-state index in [2.05, 4.69) is 44.2 Å². The van der Waals surface area contributed by atoms with Crippen molar-refractivity contribution in [2.75, 3.05) is 0 Å². The highest BCUT2D eigenvalue weighted by atomic mass is 14.0. The maximum absolute atomic E-state index is 2.28. The molecule has 10 heavy (non-hydrogen) atoms. The molecule has 0 heteroatoms. The zero-order valence-electron chi connectivity index (χ0n) is 6.67. The Morgan fingerprint density at radius 3 is 2.40 bits per heavy atom. The van der Waals surface area contributed by atoms with Gasteiger partial charge in [-0.25, -0.2) is 0 Å². The van der Waals surface area contributed by atoms with E-state index in [0.29, 0.717) is 5.92 Å². The van der Waals surface area contributed by atoms with E-state index in [1.165, 1.54) is 5.57 Å². The van der Waals surface area contributed by atoms with Crippen molar-refractivity contribution in [1.29, 1.82) is 0 Å². The normalized spacial score (nSPS) is 16.2. The van der Waals surface area contributed by atoms with Crippen LogP contribution in [0.15, 0.2) is 36.0 Å². The van der Waals surface area contributed by atoms with E-state index < -0.39 is 0 Å². The van der Waals surface area contributed by atoms with Gasteiger partial charge in [-0.2, -0.15) is 0 Å². The fourth-order valence-electron chi connectivity index (χ4n) is 1.01. The Labute approximate surface area is 62.9 Å². The molecular weight excluding hydrogens is 120 g/mol. The molecule has 0 aromatic rings. The second kappa shape index (κ2) is 3.40. The Bertz CT molecular complexity index is 166. The van der Waals surface area contributed by atoms with Crippen LogP contribution in [0.3, 0.4) is 0 Å². The van der Waals surface area contributed by atoms with Gasteiger partial charge in [0.1, 0.15) is 0 Å². The Morgan fingerprint density at radius 1 is 1.30 bits per heavy atom. The SMILES string of the molecule is CC(C)=CCC1C=CC=C1. The molecule has 0 aromatic heterocycles. The lowest BCUT2D eigenvalue weighted by molar-refractivity contribution is 0.838. The van der Waals surface area contributed by atoms with E-state index in [1.54, 1.807) is 0 Å². The van der Waals surface area contributed by atoms with Crippen LogP contribution in [0.4, 0.5) is 0 Å². The molecule has 0 aromatic carbocycles. The van der Waals surface area contributed by atoms with Gasteiger partial charge in [-0.3, -0.25) is 0 Å². The summed E-state index contributed by atoms with van der Waals surface area (Å²) in [5.41, 5.74) is 1.41. The van der Waals surface area contributed by atoms with E-state index in [1.807, 2.05) is 0 Å². The van der Waals surface area contributed by atoms with Crippen LogP contribution in [0.25, 0.3) is 0 Å². The second-order valence-electron chi connectivity index (χ2n) is 2.95. The van der Waals surface area contributed by atoms with Crippen molar-refractivity contribution in [3.05, 3.63) is 36.0 Å². The average Bonchev–Trinajstić information content (AvgIpc) is 2.34. The molecule has 54 valence electrons. The van der Waals surface area contributed by atoms with Gasteiger partial charge in [-0.1, -0.05) is 36.0 Å². The average molecular weight is 134 g/mol. The lowest BCUT2D eigenvalue weighted by atomic mass is 10.1. The molecule has 0 radical (unpaired) electrons. The van der Waals surface area contributed by atoms with Gasteiger partial charge < -0.3 is 0 Å². The molecule has 1 aliphatic carbocycles. The Balaban J connectivity index is 2.33. The van der Waals surface area contributed by atoms with Crippen LogP contribution in [-0.2, 0) is 0 Å². The second-order valence-corrected chi connectivity index (χ2v) is 2.95. The van der Waals surface area contributed by atoms with E-state index in [-0.39, 0.29) is 0 Å². The molecule has 0 unspecified atom stereocenters. The lowest BCUT2D eigenvalue weighted by Crippen LogP contribution is -1.85. The van der Waals surface area contributed by atoms with Gasteiger partial charge in [-0.15, -0.1) is 0 Å². The highest BCUT2D eigenvalue weighted by molar-refractivity contribution is 5.18. The summed E-state index contributed by atoms with van der Waals surface area (Å²) in [6.07, 6.45) is 12.1. The van der Waals surface area contributed by atoms with Crippen LogP contribution in [0.5, 0.6) is 0 Å². The molecule has 0 heterocycles. The van der Waals surface area contributed by atoms with Crippen molar-refractivity contribution < 1.29 is 0 Å². The predicted octanol–water partition coefficient (Wildman–Crippen LogP) is 3.08. The van der Waals surface area contributed by atoms with E-state index in [4.69, 9.17) is 0 Å². The molecular formula is C10H14. The molecule has 0 saturated carbocycles. The van der Waals surface area contributed by atoms with Crippen molar-refractivity contribution in [3.63, 3.8) is 0 Å². The minimum Gasteiger partial charge on any atom is -0.0850 e. The molecule has 0 nitrogen and oxygen atoms in total. The minimum absolute atomic E-state index is 0.662. The largest absolute Gasteiger partial charge is 0.0850 e. The van der Waals surface area contributed by atoms with Gasteiger partial charge in [0.25, 0.3) is 0 Å². The third-order valence-electron chi connectivity index (χ3n) is 1.63. The van der Waals surface area contributed by atoms with Crippen molar-refractivity contribution in [2.45, 2.75) is 20.3 Å². The molecule has 0 aliphatic heterocycles. The van der Waals surface area contributed by atoms with Crippen LogP contribution in [-0.4, -0.2) is 0 Å². The predicted molar refractivity (Wildman–Crippen MR) is 45.8 cm³/mol. The van der Waals surface area contributed by atoms with Crippen molar-refractivity contribution in [1.82, 2.24) is 0 Å². The summed E-state index contributed by atoms with van der Waals surface area (Å²) in [5.74, 6) is 0.662. The first-order chi connectivity index (χ1) is 4.79. The van der Waals surface area contributed by atoms with Gasteiger partial charge in [0, 0.05) is 0 Å². The zero-order chi connectivity index (χ0) is 7.40. The van der Waals surface area contributed by atoms with Gasteiger partial charge in [-0.05, 0) is 26.2 Å². The molecule has 0 bridgehead atoms. The number of hydrogen-bond donors (Lipinski definition) is 0. The fourth-order valence-corrected chi connectivity index (χ4v) is 1.01.